The predicted octanol–water partition coefficient (Wildman–Crippen LogP) is 2.02. The van der Waals surface area contributed by atoms with E-state index in [1.165, 1.54) is 13.5 Å². The molecule has 82 valence electrons. The molecule has 0 heterocycles. The van der Waals surface area contributed by atoms with E-state index in [-0.39, 0.29) is 5.97 Å². The fourth-order valence-electron chi connectivity index (χ4n) is 2.12. The van der Waals surface area contributed by atoms with Crippen molar-refractivity contribution in [1.29, 1.82) is 0 Å². The molecule has 1 aliphatic carbocycles. The van der Waals surface area contributed by atoms with Crippen molar-refractivity contribution in [2.45, 2.75) is 57.0 Å². The molecule has 0 saturated heterocycles. The quantitative estimate of drug-likeness (QED) is 0.706. The van der Waals surface area contributed by atoms with Gasteiger partial charge in [0.05, 0.1) is 12.7 Å². The lowest BCUT2D eigenvalue weighted by atomic mass is 9.81. The van der Waals surface area contributed by atoms with Gasteiger partial charge in [0.2, 0.25) is 0 Å². The zero-order chi connectivity index (χ0) is 10.4. The van der Waals surface area contributed by atoms with Gasteiger partial charge in [-0.3, -0.25) is 4.79 Å². The summed E-state index contributed by atoms with van der Waals surface area (Å²) in [5, 5.41) is 10.1. The van der Waals surface area contributed by atoms with Gasteiger partial charge in [0.25, 0.3) is 0 Å². The van der Waals surface area contributed by atoms with Gasteiger partial charge in [0.1, 0.15) is 0 Å². The molecule has 0 aromatic carbocycles. The average molecular weight is 200 g/mol. The first-order valence-electron chi connectivity index (χ1n) is 5.45. The number of hydrogen-bond acceptors (Lipinski definition) is 3. The Kier molecular flexibility index (Phi) is 4.39. The number of ether oxygens (including phenoxy) is 1. The third-order valence-electron chi connectivity index (χ3n) is 3.03. The van der Waals surface area contributed by atoms with Gasteiger partial charge in [-0.05, 0) is 25.7 Å². The summed E-state index contributed by atoms with van der Waals surface area (Å²) in [6.07, 6.45) is 7.18. The molecular weight excluding hydrogens is 180 g/mol. The zero-order valence-corrected chi connectivity index (χ0v) is 8.92. The van der Waals surface area contributed by atoms with Crippen LogP contribution in [0.2, 0.25) is 0 Å². The Bertz CT molecular complexity index is 183. The second-order valence-electron chi connectivity index (χ2n) is 4.21. The van der Waals surface area contributed by atoms with Gasteiger partial charge < -0.3 is 9.84 Å². The molecule has 0 radical (unpaired) electrons. The smallest absolute Gasteiger partial charge is 0.305 e. The van der Waals surface area contributed by atoms with Crippen LogP contribution in [-0.4, -0.2) is 23.8 Å². The molecule has 0 unspecified atom stereocenters. The molecule has 1 fully saturated rings. The summed E-state index contributed by atoms with van der Waals surface area (Å²) in [6.45, 7) is 0. The summed E-state index contributed by atoms with van der Waals surface area (Å²) < 4.78 is 4.55. The molecule has 1 saturated carbocycles. The van der Waals surface area contributed by atoms with Crippen molar-refractivity contribution in [3.63, 3.8) is 0 Å². The number of hydrogen-bond donors (Lipinski definition) is 1. The monoisotopic (exact) mass is 200 g/mol. The molecule has 0 aliphatic heterocycles. The summed E-state index contributed by atoms with van der Waals surface area (Å²) in [5.74, 6) is -0.176. The molecule has 0 bridgehead atoms. The molecule has 1 rings (SSSR count). The van der Waals surface area contributed by atoms with E-state index in [1.54, 1.807) is 0 Å². The predicted molar refractivity (Wildman–Crippen MR) is 53.9 cm³/mol. The van der Waals surface area contributed by atoms with Gasteiger partial charge in [0, 0.05) is 6.42 Å². The van der Waals surface area contributed by atoms with Crippen molar-refractivity contribution in [2.24, 2.45) is 0 Å². The Labute approximate surface area is 85.5 Å². The van der Waals surface area contributed by atoms with Crippen molar-refractivity contribution < 1.29 is 14.6 Å². The van der Waals surface area contributed by atoms with E-state index in [0.717, 1.165) is 38.5 Å². The number of carbonyl (C=O) groups is 1. The van der Waals surface area contributed by atoms with Crippen molar-refractivity contribution in [1.82, 2.24) is 0 Å². The molecule has 0 amide bonds. The summed E-state index contributed by atoms with van der Waals surface area (Å²) in [7, 11) is 1.40. The standard InChI is InChI=1S/C11H20O3/c1-14-10(12)6-5-9-11(13)7-3-2-4-8-11/h13H,2-9H2,1H3. The van der Waals surface area contributed by atoms with Crippen LogP contribution in [-0.2, 0) is 9.53 Å². The van der Waals surface area contributed by atoms with E-state index in [1.807, 2.05) is 0 Å². The highest BCUT2D eigenvalue weighted by molar-refractivity contribution is 5.68. The van der Waals surface area contributed by atoms with Gasteiger partial charge in [-0.15, -0.1) is 0 Å². The molecule has 0 spiro atoms. The van der Waals surface area contributed by atoms with Crippen molar-refractivity contribution in [2.75, 3.05) is 7.11 Å². The summed E-state index contributed by atoms with van der Waals surface area (Å²) in [5.41, 5.74) is -0.494. The molecule has 1 N–H and O–H groups in total. The van der Waals surface area contributed by atoms with Crippen molar-refractivity contribution in [3.8, 4) is 0 Å². The highest BCUT2D eigenvalue weighted by Crippen LogP contribution is 2.32. The molecule has 3 nitrogen and oxygen atoms in total. The van der Waals surface area contributed by atoms with E-state index >= 15 is 0 Å². The summed E-state index contributed by atoms with van der Waals surface area (Å²) in [4.78, 5) is 10.9. The first kappa shape index (κ1) is 11.5. The fraction of sp³-hybridized carbons (Fsp3) is 0.909. The van der Waals surface area contributed by atoms with Crippen LogP contribution in [0.1, 0.15) is 51.4 Å². The minimum atomic E-state index is -0.494. The summed E-state index contributed by atoms with van der Waals surface area (Å²) in [6, 6.07) is 0. The van der Waals surface area contributed by atoms with Crippen LogP contribution in [0.3, 0.4) is 0 Å². The van der Waals surface area contributed by atoms with Gasteiger partial charge in [-0.2, -0.15) is 0 Å². The Hall–Kier alpha value is -0.570. The van der Waals surface area contributed by atoms with E-state index in [4.69, 9.17) is 0 Å². The van der Waals surface area contributed by atoms with Crippen LogP contribution in [0.25, 0.3) is 0 Å². The maximum Gasteiger partial charge on any atom is 0.305 e. The highest BCUT2D eigenvalue weighted by atomic mass is 16.5. The van der Waals surface area contributed by atoms with E-state index < -0.39 is 5.60 Å². The third-order valence-corrected chi connectivity index (χ3v) is 3.03. The minimum Gasteiger partial charge on any atom is -0.469 e. The van der Waals surface area contributed by atoms with Crippen LogP contribution in [0.5, 0.6) is 0 Å². The SMILES string of the molecule is COC(=O)CCCC1(O)CCCCC1. The van der Waals surface area contributed by atoms with Crippen LogP contribution < -0.4 is 0 Å². The molecule has 0 aromatic rings. The number of aliphatic hydroxyl groups is 1. The highest BCUT2D eigenvalue weighted by Gasteiger charge is 2.28. The van der Waals surface area contributed by atoms with E-state index in [2.05, 4.69) is 4.74 Å². The second-order valence-corrected chi connectivity index (χ2v) is 4.21. The normalized spacial score (nSPS) is 20.4. The molecule has 14 heavy (non-hydrogen) atoms. The zero-order valence-electron chi connectivity index (χ0n) is 8.92. The summed E-state index contributed by atoms with van der Waals surface area (Å²) >= 11 is 0. The van der Waals surface area contributed by atoms with Gasteiger partial charge >= 0.3 is 5.97 Å². The lowest BCUT2D eigenvalue weighted by Crippen LogP contribution is -2.31. The van der Waals surface area contributed by atoms with E-state index in [0.29, 0.717) is 6.42 Å². The average Bonchev–Trinajstić information content (AvgIpc) is 2.18. The Balaban J connectivity index is 2.18. The molecule has 0 atom stereocenters. The van der Waals surface area contributed by atoms with Crippen molar-refractivity contribution in [3.05, 3.63) is 0 Å². The Morgan fingerprint density at radius 3 is 2.57 bits per heavy atom. The minimum absolute atomic E-state index is 0.176. The lowest BCUT2D eigenvalue weighted by molar-refractivity contribution is -0.141. The molecule has 3 heteroatoms. The lowest BCUT2D eigenvalue weighted by Gasteiger charge is -2.31. The van der Waals surface area contributed by atoms with Gasteiger partial charge in [0.15, 0.2) is 0 Å². The van der Waals surface area contributed by atoms with Gasteiger partial charge in [-0.1, -0.05) is 19.3 Å². The number of carbonyl (C=O) groups excluding carboxylic acids is 1. The number of rotatable bonds is 4. The maximum atomic E-state index is 10.9. The topological polar surface area (TPSA) is 46.5 Å². The van der Waals surface area contributed by atoms with E-state index in [9.17, 15) is 9.90 Å². The van der Waals surface area contributed by atoms with Gasteiger partial charge in [-0.25, -0.2) is 0 Å². The maximum absolute atomic E-state index is 10.9. The number of methoxy groups -OCH3 is 1. The largest absolute Gasteiger partial charge is 0.469 e. The van der Waals surface area contributed by atoms with Crippen LogP contribution in [0, 0.1) is 0 Å². The third kappa shape index (κ3) is 3.66. The molecular formula is C11H20O3. The van der Waals surface area contributed by atoms with Crippen LogP contribution in [0.4, 0.5) is 0 Å². The fourth-order valence-corrected chi connectivity index (χ4v) is 2.12. The second kappa shape index (κ2) is 5.35. The van der Waals surface area contributed by atoms with Crippen LogP contribution >= 0.6 is 0 Å². The first-order valence-corrected chi connectivity index (χ1v) is 5.45. The molecule has 1 aliphatic rings. The Morgan fingerprint density at radius 2 is 2.00 bits per heavy atom. The Morgan fingerprint density at radius 1 is 1.36 bits per heavy atom. The number of esters is 1. The van der Waals surface area contributed by atoms with Crippen molar-refractivity contribution >= 4 is 5.97 Å². The molecule has 0 aromatic heterocycles. The van der Waals surface area contributed by atoms with Crippen LogP contribution in [0.15, 0.2) is 0 Å². The first-order chi connectivity index (χ1) is 6.66.